The Morgan fingerprint density at radius 2 is 1.81 bits per heavy atom. The van der Waals surface area contributed by atoms with Crippen LogP contribution >= 0.6 is 27.3 Å². The van der Waals surface area contributed by atoms with Crippen molar-refractivity contribution in [3.05, 3.63) is 93.7 Å². The standard InChI is InChI=1S/C22H12BrF4N3OS/c23-16-6-4-13(5-7-16)12-28-30(21-29-18-9-8-17(24)11-19(18)32-21)20(31)14-2-1-3-15(10-14)22(25,26)27/h1-12H/b28-12+. The van der Waals surface area contributed by atoms with Gasteiger partial charge in [-0.3, -0.25) is 4.79 Å². The third kappa shape index (κ3) is 4.86. The Labute approximate surface area is 191 Å². The first-order valence-corrected chi connectivity index (χ1v) is 10.7. The zero-order chi connectivity index (χ0) is 22.9. The van der Waals surface area contributed by atoms with Crippen LogP contribution in [0.1, 0.15) is 21.5 Å². The minimum Gasteiger partial charge on any atom is -0.267 e. The lowest BCUT2D eigenvalue weighted by molar-refractivity contribution is -0.137. The van der Waals surface area contributed by atoms with Gasteiger partial charge in [-0.05, 0) is 54.1 Å². The number of hydrogen-bond acceptors (Lipinski definition) is 4. The molecule has 3 aromatic carbocycles. The van der Waals surface area contributed by atoms with E-state index in [9.17, 15) is 22.4 Å². The number of thiazole rings is 1. The maximum atomic E-state index is 13.6. The number of anilines is 1. The van der Waals surface area contributed by atoms with Crippen LogP contribution in [0.15, 0.2) is 76.3 Å². The predicted molar refractivity (Wildman–Crippen MR) is 120 cm³/mol. The minimum absolute atomic E-state index is 0.0985. The molecule has 0 atom stereocenters. The van der Waals surface area contributed by atoms with Gasteiger partial charge in [0, 0.05) is 10.0 Å². The van der Waals surface area contributed by atoms with E-state index in [0.29, 0.717) is 15.8 Å². The molecule has 0 fully saturated rings. The van der Waals surface area contributed by atoms with Crippen molar-refractivity contribution >= 4 is 54.7 Å². The average molecular weight is 522 g/mol. The number of hydrazone groups is 1. The number of alkyl halides is 3. The molecule has 10 heteroatoms. The number of halogens is 5. The van der Waals surface area contributed by atoms with Gasteiger partial charge in [-0.1, -0.05) is 45.5 Å². The molecule has 0 unspecified atom stereocenters. The fourth-order valence-electron chi connectivity index (χ4n) is 2.79. The fourth-order valence-corrected chi connectivity index (χ4v) is 4.00. The summed E-state index contributed by atoms with van der Waals surface area (Å²) in [6.45, 7) is 0. The van der Waals surface area contributed by atoms with Crippen molar-refractivity contribution in [2.45, 2.75) is 6.18 Å². The lowest BCUT2D eigenvalue weighted by atomic mass is 10.1. The van der Waals surface area contributed by atoms with Gasteiger partial charge in [-0.25, -0.2) is 9.37 Å². The van der Waals surface area contributed by atoms with Crippen molar-refractivity contribution in [3.63, 3.8) is 0 Å². The number of benzene rings is 3. The van der Waals surface area contributed by atoms with E-state index in [-0.39, 0.29) is 10.7 Å². The summed E-state index contributed by atoms with van der Waals surface area (Å²) in [5, 5.41) is 5.21. The second-order valence-electron chi connectivity index (χ2n) is 6.60. The molecule has 4 nitrogen and oxygen atoms in total. The molecule has 32 heavy (non-hydrogen) atoms. The number of rotatable bonds is 4. The zero-order valence-corrected chi connectivity index (χ0v) is 18.4. The molecule has 1 aromatic heterocycles. The largest absolute Gasteiger partial charge is 0.416 e. The van der Waals surface area contributed by atoms with Crippen molar-refractivity contribution in [3.8, 4) is 0 Å². The van der Waals surface area contributed by atoms with Crippen molar-refractivity contribution in [2.24, 2.45) is 5.10 Å². The minimum atomic E-state index is -4.60. The van der Waals surface area contributed by atoms with Crippen LogP contribution in [0.4, 0.5) is 22.7 Å². The van der Waals surface area contributed by atoms with Gasteiger partial charge in [0.05, 0.1) is 22.0 Å². The van der Waals surface area contributed by atoms with E-state index in [1.165, 1.54) is 30.5 Å². The van der Waals surface area contributed by atoms with Crippen LogP contribution in [-0.4, -0.2) is 17.1 Å². The first-order valence-electron chi connectivity index (χ1n) is 9.08. The molecule has 0 aliphatic heterocycles. The van der Waals surface area contributed by atoms with Gasteiger partial charge >= 0.3 is 6.18 Å². The highest BCUT2D eigenvalue weighted by atomic mass is 79.9. The molecule has 1 amide bonds. The van der Waals surface area contributed by atoms with Crippen molar-refractivity contribution < 1.29 is 22.4 Å². The number of nitrogens with zero attached hydrogens (tertiary/aromatic N) is 3. The highest BCUT2D eigenvalue weighted by Gasteiger charge is 2.32. The molecule has 4 rings (SSSR count). The Hall–Kier alpha value is -3.11. The Kier molecular flexibility index (Phi) is 6.07. The summed E-state index contributed by atoms with van der Waals surface area (Å²) in [5.41, 5.74) is -0.0703. The highest BCUT2D eigenvalue weighted by Crippen LogP contribution is 2.32. The maximum Gasteiger partial charge on any atom is 0.416 e. The molecule has 0 saturated carbocycles. The number of fused-ring (bicyclic) bond motifs is 1. The number of hydrogen-bond donors (Lipinski definition) is 0. The zero-order valence-electron chi connectivity index (χ0n) is 16.0. The first kappa shape index (κ1) is 22.1. The van der Waals surface area contributed by atoms with Crippen molar-refractivity contribution in [1.82, 2.24) is 4.98 Å². The quantitative estimate of drug-likeness (QED) is 0.166. The van der Waals surface area contributed by atoms with Gasteiger partial charge in [-0.15, -0.1) is 0 Å². The first-order chi connectivity index (χ1) is 15.2. The normalized spacial score (nSPS) is 11.9. The maximum absolute atomic E-state index is 13.6. The second kappa shape index (κ2) is 8.79. The van der Waals surface area contributed by atoms with Gasteiger partial charge < -0.3 is 0 Å². The van der Waals surface area contributed by atoms with E-state index < -0.39 is 23.5 Å². The summed E-state index contributed by atoms with van der Waals surface area (Å²) >= 11 is 4.32. The Morgan fingerprint density at radius 3 is 2.53 bits per heavy atom. The van der Waals surface area contributed by atoms with Crippen LogP contribution in [0.2, 0.25) is 0 Å². The molecule has 1 heterocycles. The van der Waals surface area contributed by atoms with Crippen LogP contribution in [0.25, 0.3) is 10.2 Å². The van der Waals surface area contributed by atoms with E-state index in [1.54, 1.807) is 24.3 Å². The highest BCUT2D eigenvalue weighted by molar-refractivity contribution is 9.10. The van der Waals surface area contributed by atoms with E-state index in [4.69, 9.17) is 0 Å². The van der Waals surface area contributed by atoms with Gasteiger partial charge in [0.25, 0.3) is 5.91 Å². The third-order valence-corrected chi connectivity index (χ3v) is 5.86. The van der Waals surface area contributed by atoms with E-state index in [2.05, 4.69) is 26.0 Å². The third-order valence-electron chi connectivity index (χ3n) is 4.34. The Morgan fingerprint density at radius 1 is 1.06 bits per heavy atom. The molecule has 0 spiro atoms. The summed E-state index contributed by atoms with van der Waals surface area (Å²) in [6, 6.07) is 15.1. The molecule has 0 N–H and O–H groups in total. The summed E-state index contributed by atoms with van der Waals surface area (Å²) < 4.78 is 54.3. The van der Waals surface area contributed by atoms with Crippen LogP contribution in [0.5, 0.6) is 0 Å². The molecule has 4 aromatic rings. The molecule has 0 aliphatic rings. The molecule has 0 radical (unpaired) electrons. The van der Waals surface area contributed by atoms with Crippen LogP contribution in [0, 0.1) is 5.82 Å². The number of amides is 1. The fraction of sp³-hybridized carbons (Fsp3) is 0.0455. The van der Waals surface area contributed by atoms with Gasteiger partial charge in [0.1, 0.15) is 5.82 Å². The van der Waals surface area contributed by atoms with E-state index in [1.807, 2.05) is 0 Å². The lowest BCUT2D eigenvalue weighted by Crippen LogP contribution is -2.26. The lowest BCUT2D eigenvalue weighted by Gasteiger charge is -2.15. The van der Waals surface area contributed by atoms with Gasteiger partial charge in [0.2, 0.25) is 5.13 Å². The Balaban J connectivity index is 1.77. The smallest absolute Gasteiger partial charge is 0.267 e. The topological polar surface area (TPSA) is 45.6 Å². The van der Waals surface area contributed by atoms with E-state index in [0.717, 1.165) is 39.0 Å². The number of aromatic nitrogens is 1. The molecule has 0 saturated heterocycles. The monoisotopic (exact) mass is 521 g/mol. The van der Waals surface area contributed by atoms with Crippen molar-refractivity contribution in [1.29, 1.82) is 0 Å². The SMILES string of the molecule is O=C(c1cccc(C(F)(F)F)c1)N(/N=C/c1ccc(Br)cc1)c1nc2ccc(F)cc2s1. The average Bonchev–Trinajstić information content (AvgIpc) is 3.17. The van der Waals surface area contributed by atoms with Gasteiger partial charge in [-0.2, -0.15) is 23.3 Å². The summed E-state index contributed by atoms with van der Waals surface area (Å²) in [5.74, 6) is -1.27. The predicted octanol–water partition coefficient (Wildman–Crippen LogP) is 6.90. The van der Waals surface area contributed by atoms with Gasteiger partial charge in [0.15, 0.2) is 0 Å². The molecular weight excluding hydrogens is 510 g/mol. The van der Waals surface area contributed by atoms with Crippen LogP contribution in [0.3, 0.4) is 0 Å². The Bertz CT molecular complexity index is 1320. The molecule has 0 bridgehead atoms. The summed E-state index contributed by atoms with van der Waals surface area (Å²) in [6.07, 6.45) is -3.21. The molecule has 162 valence electrons. The number of carbonyl (C=O) groups excluding carboxylic acids is 1. The molecular formula is C22H12BrF4N3OS. The van der Waals surface area contributed by atoms with Crippen LogP contribution in [-0.2, 0) is 6.18 Å². The number of carbonyl (C=O) groups is 1. The van der Waals surface area contributed by atoms with E-state index >= 15 is 0 Å². The summed E-state index contributed by atoms with van der Waals surface area (Å²) in [7, 11) is 0. The molecule has 0 aliphatic carbocycles. The van der Waals surface area contributed by atoms with Crippen LogP contribution < -0.4 is 5.01 Å². The van der Waals surface area contributed by atoms with Crippen molar-refractivity contribution in [2.75, 3.05) is 5.01 Å². The second-order valence-corrected chi connectivity index (χ2v) is 8.52. The summed E-state index contributed by atoms with van der Waals surface area (Å²) in [4.78, 5) is 17.5.